The molecule has 2 atom stereocenters. The number of benzene rings is 1. The van der Waals surface area contributed by atoms with Crippen molar-refractivity contribution in [2.75, 3.05) is 24.7 Å². The zero-order valence-electron chi connectivity index (χ0n) is 12.0. The van der Waals surface area contributed by atoms with Crippen LogP contribution < -0.4 is 10.6 Å². The van der Waals surface area contributed by atoms with Gasteiger partial charge in [-0.15, -0.1) is 0 Å². The van der Waals surface area contributed by atoms with Gasteiger partial charge < -0.3 is 15.7 Å². The number of nitrogens with one attached hydrogen (secondary N) is 2. The number of hydrogen-bond acceptors (Lipinski definition) is 4. The summed E-state index contributed by atoms with van der Waals surface area (Å²) in [6, 6.07) is 5.74. The molecule has 1 aromatic carbocycles. The zero-order valence-corrected chi connectivity index (χ0v) is 12.8. The molecule has 3 N–H and O–H groups in total. The molecule has 0 spiro atoms. The van der Waals surface area contributed by atoms with Crippen molar-refractivity contribution in [3.63, 3.8) is 0 Å². The number of rotatable bonds is 5. The molecular formula is C15H22N2O2S. The first-order valence-corrected chi connectivity index (χ1v) is 8.25. The molecule has 0 aliphatic carbocycles. The molecule has 110 valence electrons. The van der Waals surface area contributed by atoms with Crippen LogP contribution in [0.4, 0.5) is 5.69 Å². The minimum absolute atomic E-state index is 0.0262. The van der Waals surface area contributed by atoms with Crippen LogP contribution in [0.2, 0.25) is 0 Å². The Morgan fingerprint density at radius 3 is 3.05 bits per heavy atom. The summed E-state index contributed by atoms with van der Waals surface area (Å²) in [5.74, 6) is -0.0710. The second kappa shape index (κ2) is 6.99. The van der Waals surface area contributed by atoms with Gasteiger partial charge in [0, 0.05) is 29.1 Å². The van der Waals surface area contributed by atoms with E-state index < -0.39 is 0 Å². The van der Waals surface area contributed by atoms with Crippen molar-refractivity contribution in [3.05, 3.63) is 29.3 Å². The Morgan fingerprint density at radius 1 is 1.55 bits per heavy atom. The molecule has 4 nitrogen and oxygen atoms in total. The Labute approximate surface area is 124 Å². The lowest BCUT2D eigenvalue weighted by Crippen LogP contribution is -2.41. The van der Waals surface area contributed by atoms with Gasteiger partial charge in [-0.2, -0.15) is 11.8 Å². The molecule has 0 saturated carbocycles. The smallest absolute Gasteiger partial charge is 0.251 e. The summed E-state index contributed by atoms with van der Waals surface area (Å²) in [5.41, 5.74) is 3.04. The highest BCUT2D eigenvalue weighted by Gasteiger charge is 2.19. The second-order valence-corrected chi connectivity index (χ2v) is 6.20. The Kier molecular flexibility index (Phi) is 5.31. The fraction of sp³-hybridized carbons (Fsp3) is 0.533. The molecule has 1 aliphatic rings. The molecular weight excluding hydrogens is 272 g/mol. The van der Waals surface area contributed by atoms with Crippen molar-refractivity contribution in [1.82, 2.24) is 5.32 Å². The third-order valence-corrected chi connectivity index (χ3v) is 4.87. The highest BCUT2D eigenvalue weighted by Crippen LogP contribution is 2.23. The van der Waals surface area contributed by atoms with Gasteiger partial charge in [-0.3, -0.25) is 4.79 Å². The normalized spacial score (nSPS) is 16.8. The summed E-state index contributed by atoms with van der Waals surface area (Å²) in [6.07, 6.45) is 4.06. The van der Waals surface area contributed by atoms with Crippen LogP contribution in [0.5, 0.6) is 0 Å². The maximum atomic E-state index is 12.3. The molecule has 0 saturated heterocycles. The molecule has 20 heavy (non-hydrogen) atoms. The van der Waals surface area contributed by atoms with Crippen molar-refractivity contribution >= 4 is 23.4 Å². The fourth-order valence-corrected chi connectivity index (χ4v) is 3.06. The lowest BCUT2D eigenvalue weighted by molar-refractivity contribution is 0.0936. The Hall–Kier alpha value is -1.20. The van der Waals surface area contributed by atoms with E-state index in [0.29, 0.717) is 5.56 Å². The molecule has 0 fully saturated rings. The number of aliphatic hydroxyl groups excluding tert-OH is 1. The number of anilines is 1. The van der Waals surface area contributed by atoms with E-state index in [1.165, 1.54) is 5.56 Å². The van der Waals surface area contributed by atoms with E-state index in [0.717, 1.165) is 25.1 Å². The van der Waals surface area contributed by atoms with Crippen LogP contribution in [0.15, 0.2) is 18.2 Å². The summed E-state index contributed by atoms with van der Waals surface area (Å²) >= 11 is 1.56. The molecule has 5 heteroatoms. The SMILES string of the molecule is CSC(CO)C(C)NC(=O)c1ccc2c(c1)CCCN2. The van der Waals surface area contributed by atoms with E-state index in [1.807, 2.05) is 31.4 Å². The van der Waals surface area contributed by atoms with Crippen LogP contribution in [0, 0.1) is 0 Å². The lowest BCUT2D eigenvalue weighted by Gasteiger charge is -2.22. The number of thioether (sulfide) groups is 1. The molecule has 1 aromatic rings. The minimum atomic E-state index is -0.0710. The standard InChI is InChI=1S/C15H22N2O2S/c1-10(14(9-18)20-2)17-15(19)12-5-6-13-11(8-12)4-3-7-16-13/h5-6,8,10,14,16,18H,3-4,7,9H2,1-2H3,(H,17,19). The van der Waals surface area contributed by atoms with Gasteiger partial charge in [0.25, 0.3) is 5.91 Å². The number of fused-ring (bicyclic) bond motifs is 1. The molecule has 1 aliphatic heterocycles. The number of hydrogen-bond donors (Lipinski definition) is 3. The van der Waals surface area contributed by atoms with Crippen molar-refractivity contribution in [2.45, 2.75) is 31.1 Å². The van der Waals surface area contributed by atoms with Gasteiger partial charge >= 0.3 is 0 Å². The summed E-state index contributed by atoms with van der Waals surface area (Å²) < 4.78 is 0. The first-order valence-electron chi connectivity index (χ1n) is 6.97. The number of aliphatic hydroxyl groups is 1. The molecule has 2 unspecified atom stereocenters. The Bertz CT molecular complexity index is 475. The number of carbonyl (C=O) groups is 1. The van der Waals surface area contributed by atoms with Crippen LogP contribution in [-0.4, -0.2) is 41.7 Å². The first-order chi connectivity index (χ1) is 9.65. The monoisotopic (exact) mass is 294 g/mol. The van der Waals surface area contributed by atoms with Crippen LogP contribution in [-0.2, 0) is 6.42 Å². The Morgan fingerprint density at radius 2 is 2.35 bits per heavy atom. The maximum Gasteiger partial charge on any atom is 0.251 e. The van der Waals surface area contributed by atoms with Gasteiger partial charge in [-0.25, -0.2) is 0 Å². The van der Waals surface area contributed by atoms with Crippen LogP contribution in [0.3, 0.4) is 0 Å². The van der Waals surface area contributed by atoms with Gasteiger partial charge in [0.05, 0.1) is 6.61 Å². The maximum absolute atomic E-state index is 12.3. The van der Waals surface area contributed by atoms with Crippen LogP contribution >= 0.6 is 11.8 Å². The molecule has 0 aromatic heterocycles. The first kappa shape index (κ1) is 15.2. The molecule has 2 rings (SSSR count). The van der Waals surface area contributed by atoms with Crippen molar-refractivity contribution in [1.29, 1.82) is 0 Å². The predicted octanol–water partition coefficient (Wildman–Crippen LogP) is 1.89. The van der Waals surface area contributed by atoms with Crippen LogP contribution in [0.1, 0.15) is 29.3 Å². The van der Waals surface area contributed by atoms with E-state index in [-0.39, 0.29) is 23.8 Å². The predicted molar refractivity (Wildman–Crippen MR) is 84.6 cm³/mol. The highest BCUT2D eigenvalue weighted by molar-refractivity contribution is 7.99. The lowest BCUT2D eigenvalue weighted by atomic mass is 10.0. The van der Waals surface area contributed by atoms with E-state index >= 15 is 0 Å². The molecule has 1 heterocycles. The van der Waals surface area contributed by atoms with Gasteiger partial charge in [-0.1, -0.05) is 0 Å². The Balaban J connectivity index is 2.05. The summed E-state index contributed by atoms with van der Waals surface area (Å²) in [5, 5.41) is 15.6. The van der Waals surface area contributed by atoms with Gasteiger partial charge in [0.1, 0.15) is 0 Å². The number of aryl methyl sites for hydroxylation is 1. The fourth-order valence-electron chi connectivity index (χ4n) is 2.44. The molecule has 1 amide bonds. The summed E-state index contributed by atoms with van der Waals surface area (Å²) in [4.78, 5) is 12.3. The largest absolute Gasteiger partial charge is 0.395 e. The number of amides is 1. The van der Waals surface area contributed by atoms with E-state index in [9.17, 15) is 9.90 Å². The third kappa shape index (κ3) is 3.46. The topological polar surface area (TPSA) is 61.4 Å². The van der Waals surface area contributed by atoms with Gasteiger partial charge in [0.2, 0.25) is 0 Å². The second-order valence-electron chi connectivity index (χ2n) is 5.12. The highest BCUT2D eigenvalue weighted by atomic mass is 32.2. The molecule has 0 radical (unpaired) electrons. The third-order valence-electron chi connectivity index (χ3n) is 3.70. The number of carbonyl (C=O) groups excluding carboxylic acids is 1. The van der Waals surface area contributed by atoms with Crippen molar-refractivity contribution in [3.8, 4) is 0 Å². The van der Waals surface area contributed by atoms with E-state index in [2.05, 4.69) is 10.6 Å². The van der Waals surface area contributed by atoms with Gasteiger partial charge in [0.15, 0.2) is 0 Å². The minimum Gasteiger partial charge on any atom is -0.395 e. The average molecular weight is 294 g/mol. The molecule has 0 bridgehead atoms. The van der Waals surface area contributed by atoms with Crippen molar-refractivity contribution in [2.24, 2.45) is 0 Å². The van der Waals surface area contributed by atoms with E-state index in [1.54, 1.807) is 11.8 Å². The average Bonchev–Trinajstić information content (AvgIpc) is 2.48. The van der Waals surface area contributed by atoms with Gasteiger partial charge in [-0.05, 0) is 49.8 Å². The van der Waals surface area contributed by atoms with Crippen LogP contribution in [0.25, 0.3) is 0 Å². The summed E-state index contributed by atoms with van der Waals surface area (Å²) in [6.45, 7) is 2.99. The van der Waals surface area contributed by atoms with E-state index in [4.69, 9.17) is 0 Å². The quantitative estimate of drug-likeness (QED) is 0.776. The summed E-state index contributed by atoms with van der Waals surface area (Å²) in [7, 11) is 0. The van der Waals surface area contributed by atoms with Crippen molar-refractivity contribution < 1.29 is 9.90 Å². The zero-order chi connectivity index (χ0) is 14.5.